The van der Waals surface area contributed by atoms with Gasteiger partial charge in [0.1, 0.15) is 18.4 Å². The second-order valence-electron chi connectivity index (χ2n) is 10.6. The van der Waals surface area contributed by atoms with E-state index in [2.05, 4.69) is 50.5 Å². The number of fused-ring (bicyclic) bond motifs is 1. The lowest BCUT2D eigenvalue weighted by atomic mass is 9.79. The first-order valence-electron chi connectivity index (χ1n) is 12.4. The molecule has 2 saturated heterocycles. The molecule has 2 saturated carbocycles. The molecule has 4 aliphatic rings. The van der Waals surface area contributed by atoms with Gasteiger partial charge in [-0.25, -0.2) is 20.4 Å². The lowest BCUT2D eigenvalue weighted by Gasteiger charge is -2.40. The monoisotopic (exact) mass is 453 g/mol. The van der Waals surface area contributed by atoms with Crippen LogP contribution in [0.3, 0.4) is 0 Å². The molecule has 178 valence electrons. The van der Waals surface area contributed by atoms with Crippen molar-refractivity contribution in [2.75, 3.05) is 24.5 Å². The first-order chi connectivity index (χ1) is 16.1. The Morgan fingerprint density at radius 1 is 1.18 bits per heavy atom. The van der Waals surface area contributed by atoms with Gasteiger partial charge >= 0.3 is 0 Å². The minimum atomic E-state index is 0.140. The van der Waals surface area contributed by atoms with E-state index in [1.165, 1.54) is 19.2 Å². The Labute approximate surface area is 195 Å². The quantitative estimate of drug-likeness (QED) is 0.684. The third kappa shape index (κ3) is 4.51. The summed E-state index contributed by atoms with van der Waals surface area (Å²) in [6.45, 7) is 8.19. The van der Waals surface area contributed by atoms with E-state index in [0.29, 0.717) is 24.1 Å². The van der Waals surface area contributed by atoms with Crippen LogP contribution in [0.25, 0.3) is 0 Å². The number of hydrazine groups is 1. The highest BCUT2D eigenvalue weighted by Crippen LogP contribution is 2.45. The van der Waals surface area contributed by atoms with Crippen molar-refractivity contribution in [3.05, 3.63) is 36.4 Å². The predicted molar refractivity (Wildman–Crippen MR) is 123 cm³/mol. The Morgan fingerprint density at radius 2 is 2.09 bits per heavy atom. The fourth-order valence-electron chi connectivity index (χ4n) is 5.78. The van der Waals surface area contributed by atoms with Crippen molar-refractivity contribution in [3.8, 4) is 0 Å². The van der Waals surface area contributed by atoms with E-state index in [9.17, 15) is 0 Å². The van der Waals surface area contributed by atoms with Gasteiger partial charge in [-0.05, 0) is 46.0 Å². The number of aromatic nitrogens is 3. The fraction of sp³-hybridized carbons (Fsp3) is 0.708. The van der Waals surface area contributed by atoms with Gasteiger partial charge in [-0.1, -0.05) is 0 Å². The minimum Gasteiger partial charge on any atom is -0.451 e. The molecule has 0 aromatic carbocycles. The van der Waals surface area contributed by atoms with E-state index >= 15 is 0 Å². The molecule has 2 aromatic heterocycles. The van der Waals surface area contributed by atoms with Crippen molar-refractivity contribution in [1.29, 1.82) is 0 Å². The molecule has 9 heteroatoms. The van der Waals surface area contributed by atoms with Crippen molar-refractivity contribution in [2.45, 2.75) is 82.3 Å². The smallest absolute Gasteiger partial charge is 0.180 e. The summed E-state index contributed by atoms with van der Waals surface area (Å²) in [5.41, 5.74) is 9.29. The highest BCUT2D eigenvalue weighted by Gasteiger charge is 2.46. The van der Waals surface area contributed by atoms with E-state index in [4.69, 9.17) is 14.1 Å². The normalized spacial score (nSPS) is 33.8. The molecule has 9 nitrogen and oxygen atoms in total. The number of anilines is 1. The van der Waals surface area contributed by atoms with Crippen LogP contribution in [0.4, 0.5) is 5.82 Å². The molecule has 4 heterocycles. The maximum atomic E-state index is 6.45. The average Bonchev–Trinajstić information content (AvgIpc) is 3.18. The van der Waals surface area contributed by atoms with Crippen LogP contribution in [0.2, 0.25) is 0 Å². The zero-order chi connectivity index (χ0) is 22.4. The molecule has 33 heavy (non-hydrogen) atoms. The number of nitrogens with zero attached hydrogens (tertiary/aromatic N) is 5. The molecular formula is C24H35N7O2. The third-order valence-electron chi connectivity index (χ3n) is 8.04. The van der Waals surface area contributed by atoms with Gasteiger partial charge in [0.05, 0.1) is 29.1 Å². The molecule has 4 unspecified atom stereocenters. The molecule has 0 bridgehead atoms. The van der Waals surface area contributed by atoms with Crippen molar-refractivity contribution in [2.24, 2.45) is 5.92 Å². The van der Waals surface area contributed by atoms with Crippen LogP contribution in [0.1, 0.15) is 63.4 Å². The maximum Gasteiger partial charge on any atom is 0.180 e. The van der Waals surface area contributed by atoms with E-state index in [1.807, 2.05) is 0 Å². The van der Waals surface area contributed by atoms with Crippen molar-refractivity contribution in [3.63, 3.8) is 0 Å². The summed E-state index contributed by atoms with van der Waals surface area (Å²) in [6, 6.07) is 3.28. The second-order valence-corrected chi connectivity index (χ2v) is 10.6. The standard InChI is InChI=1S/C24H35N7O2/c1-16-11-31(8-7-30(16)12-17-13-32-15-27-17)22-10-21(25-14-26-22)23-19-9-18(33-24(2)5-6-24)3-4-20(19)28-29-23/h10,13-16,18-20,23,28-29H,3-9,11-12H2,1-2H3/t16-,18?,19?,20?,23?/m0/s1. The van der Waals surface area contributed by atoms with Crippen molar-refractivity contribution >= 4 is 5.82 Å². The van der Waals surface area contributed by atoms with Crippen molar-refractivity contribution < 1.29 is 9.15 Å². The number of hydrogen-bond donors (Lipinski definition) is 2. The number of nitrogens with one attached hydrogen (secondary N) is 2. The molecular weight excluding hydrogens is 418 g/mol. The zero-order valence-electron chi connectivity index (χ0n) is 19.6. The lowest BCUT2D eigenvalue weighted by molar-refractivity contribution is -0.0500. The molecule has 5 atom stereocenters. The van der Waals surface area contributed by atoms with Gasteiger partial charge in [0.15, 0.2) is 6.39 Å². The lowest BCUT2D eigenvalue weighted by Crippen LogP contribution is -2.51. The highest BCUT2D eigenvalue weighted by molar-refractivity contribution is 5.41. The van der Waals surface area contributed by atoms with Crippen LogP contribution < -0.4 is 15.8 Å². The SMILES string of the molecule is C[C@H]1CN(c2cc(C3NNC4CCC(OC5(C)CC5)CC43)ncn2)CCN1Cc1cocn1. The molecule has 2 N–H and O–H groups in total. The molecule has 0 spiro atoms. The van der Waals surface area contributed by atoms with Crippen molar-refractivity contribution in [1.82, 2.24) is 30.7 Å². The number of rotatable bonds is 6. The average molecular weight is 454 g/mol. The molecule has 0 radical (unpaired) electrons. The van der Waals surface area contributed by atoms with Crippen LogP contribution in [0.15, 0.2) is 29.5 Å². The van der Waals surface area contributed by atoms with E-state index in [-0.39, 0.29) is 11.6 Å². The highest BCUT2D eigenvalue weighted by atomic mass is 16.5. The number of hydrogen-bond acceptors (Lipinski definition) is 9. The molecule has 2 aliphatic carbocycles. The van der Waals surface area contributed by atoms with E-state index < -0.39 is 0 Å². The Kier molecular flexibility index (Phi) is 5.60. The molecule has 2 aromatic rings. The van der Waals surface area contributed by atoms with Crippen LogP contribution in [0, 0.1) is 5.92 Å². The third-order valence-corrected chi connectivity index (χ3v) is 8.04. The summed E-state index contributed by atoms with van der Waals surface area (Å²) in [6.07, 6.45) is 11.1. The maximum absolute atomic E-state index is 6.45. The van der Waals surface area contributed by atoms with Crippen LogP contribution in [-0.2, 0) is 11.3 Å². The molecule has 0 amide bonds. The summed E-state index contributed by atoms with van der Waals surface area (Å²) in [5, 5.41) is 0. The van der Waals surface area contributed by atoms with Crippen LogP contribution >= 0.6 is 0 Å². The largest absolute Gasteiger partial charge is 0.451 e. The first kappa shape index (κ1) is 21.5. The van der Waals surface area contributed by atoms with Gasteiger partial charge in [-0.2, -0.15) is 0 Å². The Balaban J connectivity index is 1.12. The number of piperazine rings is 1. The Hall–Kier alpha value is -2.07. The summed E-state index contributed by atoms with van der Waals surface area (Å²) in [4.78, 5) is 18.4. The van der Waals surface area contributed by atoms with Gasteiger partial charge in [0.25, 0.3) is 0 Å². The Morgan fingerprint density at radius 3 is 2.88 bits per heavy atom. The van der Waals surface area contributed by atoms with Gasteiger partial charge in [-0.3, -0.25) is 10.3 Å². The topological polar surface area (TPSA) is 91.6 Å². The van der Waals surface area contributed by atoms with Gasteiger partial charge in [-0.15, -0.1) is 0 Å². The molecule has 2 aliphatic heterocycles. The van der Waals surface area contributed by atoms with Crippen LogP contribution in [-0.4, -0.2) is 63.3 Å². The minimum absolute atomic E-state index is 0.140. The second kappa shape index (κ2) is 8.61. The molecule has 6 rings (SSSR count). The summed E-state index contributed by atoms with van der Waals surface area (Å²) in [5.74, 6) is 1.51. The number of oxazole rings is 1. The van der Waals surface area contributed by atoms with Crippen LogP contribution in [0.5, 0.6) is 0 Å². The Bertz CT molecular complexity index is 950. The zero-order valence-corrected chi connectivity index (χ0v) is 19.6. The number of ether oxygens (including phenoxy) is 1. The van der Waals surface area contributed by atoms with Gasteiger partial charge < -0.3 is 14.1 Å². The summed E-state index contributed by atoms with van der Waals surface area (Å²) >= 11 is 0. The fourth-order valence-corrected chi connectivity index (χ4v) is 5.78. The van der Waals surface area contributed by atoms with E-state index in [0.717, 1.165) is 62.6 Å². The molecule has 4 fully saturated rings. The van der Waals surface area contributed by atoms with E-state index in [1.54, 1.807) is 12.6 Å². The van der Waals surface area contributed by atoms with Gasteiger partial charge in [0, 0.05) is 50.2 Å². The van der Waals surface area contributed by atoms with Gasteiger partial charge in [0.2, 0.25) is 0 Å². The summed E-state index contributed by atoms with van der Waals surface area (Å²) < 4.78 is 11.6. The first-order valence-corrected chi connectivity index (χ1v) is 12.4. The predicted octanol–water partition coefficient (Wildman–Crippen LogP) is 2.43. The summed E-state index contributed by atoms with van der Waals surface area (Å²) in [7, 11) is 0.